The fourth-order valence-electron chi connectivity index (χ4n) is 3.16. The molecule has 0 bridgehead atoms. The van der Waals surface area contributed by atoms with E-state index < -0.39 is 0 Å². The van der Waals surface area contributed by atoms with E-state index in [-0.39, 0.29) is 11.9 Å². The second-order valence-electron chi connectivity index (χ2n) is 5.71. The minimum atomic E-state index is -0.274. The third kappa shape index (κ3) is 3.30. The lowest BCUT2D eigenvalue weighted by Crippen LogP contribution is -2.23. The fraction of sp³-hybridized carbons (Fsp3) is 0.389. The van der Waals surface area contributed by atoms with E-state index in [1.807, 2.05) is 0 Å². The van der Waals surface area contributed by atoms with Crippen LogP contribution in [0.5, 0.6) is 0 Å². The highest BCUT2D eigenvalue weighted by atomic mass is 19.1. The number of nitrogens with one attached hydrogen (secondary N) is 1. The Labute approximate surface area is 125 Å². The molecule has 0 amide bonds. The van der Waals surface area contributed by atoms with Gasteiger partial charge in [-0.25, -0.2) is 4.39 Å². The van der Waals surface area contributed by atoms with Crippen molar-refractivity contribution in [3.05, 3.63) is 64.7 Å². The maximum absolute atomic E-state index is 13.4. The van der Waals surface area contributed by atoms with E-state index in [4.69, 9.17) is 0 Å². The van der Waals surface area contributed by atoms with E-state index in [1.165, 1.54) is 42.1 Å². The van der Waals surface area contributed by atoms with Gasteiger partial charge in [0.2, 0.25) is 0 Å². The van der Waals surface area contributed by atoms with Crippen LogP contribution in [0.25, 0.3) is 0 Å². The molecular weight excluding hydrogens is 263 g/mol. The zero-order valence-electron chi connectivity index (χ0n) is 12.4. The summed E-state index contributed by atoms with van der Waals surface area (Å²) in [5.74, 6) is -0.274. The Hall–Kier alpha value is -1.74. The quantitative estimate of drug-likeness (QED) is 0.907. The lowest BCUT2D eigenvalue weighted by molar-refractivity contribution is 0.539. The molecule has 1 aromatic heterocycles. The minimum absolute atomic E-state index is 0.109. The summed E-state index contributed by atoms with van der Waals surface area (Å²) in [6, 6.07) is 8.47. The molecular formula is C18H21FN2. The van der Waals surface area contributed by atoms with Crippen molar-refractivity contribution >= 4 is 0 Å². The normalized spacial score (nSPS) is 15.0. The van der Waals surface area contributed by atoms with Crippen molar-refractivity contribution < 1.29 is 4.39 Å². The average molecular weight is 284 g/mol. The molecule has 3 heteroatoms. The number of halogens is 1. The highest BCUT2D eigenvalue weighted by Gasteiger charge is 2.15. The molecule has 0 spiro atoms. The van der Waals surface area contributed by atoms with Crippen LogP contribution in [-0.4, -0.2) is 11.5 Å². The lowest BCUT2D eigenvalue weighted by atomic mass is 9.97. The highest BCUT2D eigenvalue weighted by Crippen LogP contribution is 2.25. The lowest BCUT2D eigenvalue weighted by Gasteiger charge is -2.18. The molecule has 21 heavy (non-hydrogen) atoms. The Balaban J connectivity index is 1.82. The Morgan fingerprint density at radius 1 is 1.19 bits per heavy atom. The van der Waals surface area contributed by atoms with Crippen molar-refractivity contribution in [3.8, 4) is 0 Å². The summed E-state index contributed by atoms with van der Waals surface area (Å²) in [5.41, 5.74) is 5.20. The van der Waals surface area contributed by atoms with Crippen molar-refractivity contribution in [1.29, 1.82) is 0 Å². The smallest absolute Gasteiger partial charge is 0.141 e. The summed E-state index contributed by atoms with van der Waals surface area (Å²) in [4.78, 5) is 3.97. The molecule has 0 saturated carbocycles. The van der Waals surface area contributed by atoms with Crippen LogP contribution in [0.15, 0.2) is 36.7 Å². The topological polar surface area (TPSA) is 24.9 Å². The molecule has 1 aliphatic carbocycles. The first-order chi connectivity index (χ1) is 10.3. The molecule has 110 valence electrons. The first kappa shape index (κ1) is 14.2. The van der Waals surface area contributed by atoms with Crippen LogP contribution in [0.1, 0.15) is 41.6 Å². The molecule has 1 N–H and O–H groups in total. The summed E-state index contributed by atoms with van der Waals surface area (Å²) in [6.07, 6.45) is 7.54. The fourth-order valence-corrected chi connectivity index (χ4v) is 3.16. The first-order valence-electron chi connectivity index (χ1n) is 7.71. The molecule has 0 fully saturated rings. The van der Waals surface area contributed by atoms with Gasteiger partial charge in [-0.1, -0.05) is 25.1 Å². The Morgan fingerprint density at radius 2 is 2.05 bits per heavy atom. The van der Waals surface area contributed by atoms with E-state index in [2.05, 4.69) is 35.4 Å². The number of aromatic nitrogens is 1. The van der Waals surface area contributed by atoms with Crippen LogP contribution >= 0.6 is 0 Å². The van der Waals surface area contributed by atoms with Crippen molar-refractivity contribution in [2.75, 3.05) is 6.54 Å². The van der Waals surface area contributed by atoms with Gasteiger partial charge in [0, 0.05) is 12.2 Å². The number of hydrogen-bond acceptors (Lipinski definition) is 2. The van der Waals surface area contributed by atoms with Crippen LogP contribution in [0, 0.1) is 5.82 Å². The van der Waals surface area contributed by atoms with Crippen molar-refractivity contribution in [2.24, 2.45) is 0 Å². The van der Waals surface area contributed by atoms with Crippen molar-refractivity contribution in [1.82, 2.24) is 10.3 Å². The van der Waals surface area contributed by atoms with E-state index >= 15 is 0 Å². The van der Waals surface area contributed by atoms with E-state index in [9.17, 15) is 4.39 Å². The molecule has 1 atom stereocenters. The van der Waals surface area contributed by atoms with Gasteiger partial charge in [0.15, 0.2) is 0 Å². The summed E-state index contributed by atoms with van der Waals surface area (Å²) in [5, 5.41) is 3.44. The monoisotopic (exact) mass is 284 g/mol. The van der Waals surface area contributed by atoms with Crippen LogP contribution in [0.2, 0.25) is 0 Å². The van der Waals surface area contributed by atoms with E-state index in [1.54, 1.807) is 12.3 Å². The van der Waals surface area contributed by atoms with Gasteiger partial charge in [0.05, 0.1) is 6.20 Å². The summed E-state index contributed by atoms with van der Waals surface area (Å²) in [7, 11) is 0. The average Bonchev–Trinajstić information content (AvgIpc) is 2.94. The molecule has 1 heterocycles. The zero-order chi connectivity index (χ0) is 14.7. The Kier molecular flexibility index (Phi) is 4.30. The number of pyridine rings is 1. The second-order valence-corrected chi connectivity index (χ2v) is 5.71. The highest BCUT2D eigenvalue weighted by molar-refractivity contribution is 5.36. The molecule has 0 saturated heterocycles. The standard InChI is InChI=1S/C18H21FN2/c1-2-21-18(16-10-17(19)12-20-11-16)9-13-6-7-14-4-3-5-15(14)8-13/h6-8,10-12,18,21H,2-5,9H2,1H3. The van der Waals surface area contributed by atoms with Gasteiger partial charge in [-0.2, -0.15) is 0 Å². The SMILES string of the molecule is CCNC(Cc1ccc2c(c1)CCC2)c1cncc(F)c1. The molecule has 0 radical (unpaired) electrons. The van der Waals surface area contributed by atoms with Gasteiger partial charge < -0.3 is 5.32 Å². The van der Waals surface area contributed by atoms with Gasteiger partial charge in [-0.05, 0) is 60.5 Å². The summed E-state index contributed by atoms with van der Waals surface area (Å²) < 4.78 is 13.4. The summed E-state index contributed by atoms with van der Waals surface area (Å²) in [6.45, 7) is 2.93. The number of rotatable bonds is 5. The molecule has 0 aliphatic heterocycles. The predicted octanol–water partition coefficient (Wildman–Crippen LogP) is 3.60. The molecule has 2 aromatic rings. The third-order valence-electron chi connectivity index (χ3n) is 4.18. The zero-order valence-corrected chi connectivity index (χ0v) is 12.4. The van der Waals surface area contributed by atoms with E-state index in [0.29, 0.717) is 0 Å². The second kappa shape index (κ2) is 6.35. The maximum Gasteiger partial charge on any atom is 0.141 e. The number of hydrogen-bond donors (Lipinski definition) is 1. The molecule has 3 rings (SSSR count). The number of likely N-dealkylation sites (N-methyl/N-ethyl adjacent to an activating group) is 1. The first-order valence-corrected chi connectivity index (χ1v) is 7.71. The Morgan fingerprint density at radius 3 is 2.86 bits per heavy atom. The van der Waals surface area contributed by atoms with Crippen LogP contribution in [-0.2, 0) is 19.3 Å². The summed E-state index contributed by atoms with van der Waals surface area (Å²) >= 11 is 0. The van der Waals surface area contributed by atoms with Crippen molar-refractivity contribution in [3.63, 3.8) is 0 Å². The molecule has 1 aromatic carbocycles. The predicted molar refractivity (Wildman–Crippen MR) is 82.8 cm³/mol. The number of aryl methyl sites for hydroxylation is 2. The Bertz CT molecular complexity index is 624. The molecule has 2 nitrogen and oxygen atoms in total. The minimum Gasteiger partial charge on any atom is -0.310 e. The number of fused-ring (bicyclic) bond motifs is 1. The van der Waals surface area contributed by atoms with E-state index in [0.717, 1.165) is 18.5 Å². The van der Waals surface area contributed by atoms with Crippen LogP contribution < -0.4 is 5.32 Å². The van der Waals surface area contributed by atoms with Gasteiger partial charge in [0.25, 0.3) is 0 Å². The molecule has 1 aliphatic rings. The number of nitrogens with zero attached hydrogens (tertiary/aromatic N) is 1. The van der Waals surface area contributed by atoms with Crippen LogP contribution in [0.4, 0.5) is 4.39 Å². The van der Waals surface area contributed by atoms with Gasteiger partial charge in [-0.3, -0.25) is 4.98 Å². The van der Waals surface area contributed by atoms with Gasteiger partial charge in [0.1, 0.15) is 5.82 Å². The maximum atomic E-state index is 13.4. The number of benzene rings is 1. The third-order valence-corrected chi connectivity index (χ3v) is 4.18. The van der Waals surface area contributed by atoms with Crippen LogP contribution in [0.3, 0.4) is 0 Å². The van der Waals surface area contributed by atoms with Gasteiger partial charge in [-0.15, -0.1) is 0 Å². The van der Waals surface area contributed by atoms with Crippen molar-refractivity contribution in [2.45, 2.75) is 38.6 Å². The van der Waals surface area contributed by atoms with Gasteiger partial charge >= 0.3 is 0 Å². The largest absolute Gasteiger partial charge is 0.310 e. The molecule has 1 unspecified atom stereocenters.